The molecule has 6 heteroatoms. The van der Waals surface area contributed by atoms with E-state index in [2.05, 4.69) is 9.97 Å². The maximum Gasteiger partial charge on any atom is 0.336 e. The van der Waals surface area contributed by atoms with Crippen LogP contribution in [0.25, 0.3) is 33.2 Å². The molecule has 0 amide bonds. The number of carboxylic acid groups (broad SMARTS) is 1. The molecule has 6 nitrogen and oxygen atoms in total. The number of aromatic carboxylic acids is 1. The van der Waals surface area contributed by atoms with E-state index in [1.54, 1.807) is 7.11 Å². The summed E-state index contributed by atoms with van der Waals surface area (Å²) in [6, 6.07) is 9.23. The van der Waals surface area contributed by atoms with Crippen molar-refractivity contribution in [1.29, 1.82) is 0 Å². The van der Waals surface area contributed by atoms with Crippen LogP contribution in [0.15, 0.2) is 42.7 Å². The highest BCUT2D eigenvalue weighted by atomic mass is 16.5. The zero-order chi connectivity index (χ0) is 16.8. The fourth-order valence-electron chi connectivity index (χ4n) is 3.07. The lowest BCUT2D eigenvalue weighted by atomic mass is 10.1. The number of aromatic amines is 1. The first-order chi connectivity index (χ1) is 11.6. The summed E-state index contributed by atoms with van der Waals surface area (Å²) >= 11 is 0. The number of carboxylic acids is 1. The van der Waals surface area contributed by atoms with Gasteiger partial charge < -0.3 is 19.4 Å². The molecule has 4 aromatic rings. The van der Waals surface area contributed by atoms with Gasteiger partial charge in [0, 0.05) is 47.0 Å². The van der Waals surface area contributed by atoms with Crippen LogP contribution in [0.5, 0.6) is 5.75 Å². The van der Waals surface area contributed by atoms with Gasteiger partial charge in [-0.1, -0.05) is 0 Å². The Balaban J connectivity index is 1.99. The molecule has 0 radical (unpaired) electrons. The monoisotopic (exact) mass is 321 g/mol. The fraction of sp³-hybridized carbons (Fsp3) is 0.111. The molecule has 120 valence electrons. The molecule has 0 saturated carbocycles. The summed E-state index contributed by atoms with van der Waals surface area (Å²) < 4.78 is 7.35. The Hall–Kier alpha value is -3.28. The van der Waals surface area contributed by atoms with E-state index in [1.807, 2.05) is 42.1 Å². The summed E-state index contributed by atoms with van der Waals surface area (Å²) in [4.78, 5) is 18.9. The number of H-pyrrole nitrogens is 1. The number of aromatic nitrogens is 3. The molecule has 0 fully saturated rings. The topological polar surface area (TPSA) is 80.1 Å². The van der Waals surface area contributed by atoms with Gasteiger partial charge >= 0.3 is 5.97 Å². The Morgan fingerprint density at radius 3 is 2.83 bits per heavy atom. The van der Waals surface area contributed by atoms with E-state index in [0.717, 1.165) is 27.9 Å². The van der Waals surface area contributed by atoms with Gasteiger partial charge in [0.2, 0.25) is 0 Å². The van der Waals surface area contributed by atoms with Gasteiger partial charge in [0.05, 0.1) is 12.7 Å². The second-order valence-corrected chi connectivity index (χ2v) is 5.65. The number of methoxy groups -OCH3 is 1. The Morgan fingerprint density at radius 2 is 2.08 bits per heavy atom. The van der Waals surface area contributed by atoms with Gasteiger partial charge in [-0.2, -0.15) is 0 Å². The second-order valence-electron chi connectivity index (χ2n) is 5.65. The van der Waals surface area contributed by atoms with Crippen molar-refractivity contribution >= 4 is 27.9 Å². The molecule has 0 atom stereocenters. The van der Waals surface area contributed by atoms with Crippen molar-refractivity contribution in [3.63, 3.8) is 0 Å². The van der Waals surface area contributed by atoms with Gasteiger partial charge in [0.25, 0.3) is 0 Å². The molecule has 3 aromatic heterocycles. The summed E-state index contributed by atoms with van der Waals surface area (Å²) in [6.07, 6.45) is 3.51. The van der Waals surface area contributed by atoms with Crippen LogP contribution in [0.4, 0.5) is 0 Å². The minimum atomic E-state index is -0.965. The molecule has 0 aliphatic rings. The quantitative estimate of drug-likeness (QED) is 0.606. The molecule has 2 N–H and O–H groups in total. The number of fused-ring (bicyclic) bond motifs is 2. The zero-order valence-corrected chi connectivity index (χ0v) is 13.2. The van der Waals surface area contributed by atoms with Crippen LogP contribution in [-0.2, 0) is 7.05 Å². The number of ether oxygens (including phenoxy) is 1. The van der Waals surface area contributed by atoms with E-state index >= 15 is 0 Å². The van der Waals surface area contributed by atoms with Crippen molar-refractivity contribution in [2.75, 3.05) is 7.11 Å². The first kappa shape index (κ1) is 14.3. The van der Waals surface area contributed by atoms with E-state index in [9.17, 15) is 9.90 Å². The highest BCUT2D eigenvalue weighted by Gasteiger charge is 2.16. The van der Waals surface area contributed by atoms with Crippen molar-refractivity contribution < 1.29 is 14.6 Å². The number of aryl methyl sites for hydroxylation is 1. The third-order valence-corrected chi connectivity index (χ3v) is 4.25. The maximum atomic E-state index is 11.4. The predicted molar refractivity (Wildman–Crippen MR) is 91.5 cm³/mol. The first-order valence-corrected chi connectivity index (χ1v) is 7.43. The minimum Gasteiger partial charge on any atom is -0.497 e. The van der Waals surface area contributed by atoms with Crippen LogP contribution in [0.1, 0.15) is 10.4 Å². The molecule has 3 heterocycles. The zero-order valence-electron chi connectivity index (χ0n) is 13.2. The molecule has 0 aliphatic carbocycles. The predicted octanol–water partition coefficient (Wildman–Crippen LogP) is 3.43. The van der Waals surface area contributed by atoms with Crippen LogP contribution < -0.4 is 4.74 Å². The van der Waals surface area contributed by atoms with Gasteiger partial charge in [-0.3, -0.25) is 0 Å². The number of nitrogens with one attached hydrogen (secondary N) is 1. The standard InChI is InChI=1S/C18H15N3O3/c1-21-9-14(12-7-10(24-2)3-4-16(12)21)15-8-13-11(18(22)23)5-6-19-17(13)20-15/h3-9H,1-2H3,(H,19,20)(H,22,23). The average Bonchev–Trinajstić information content (AvgIpc) is 3.15. The lowest BCUT2D eigenvalue weighted by Gasteiger charge is -2.01. The molecule has 24 heavy (non-hydrogen) atoms. The Morgan fingerprint density at radius 1 is 1.25 bits per heavy atom. The number of pyridine rings is 1. The second kappa shape index (κ2) is 5.13. The number of hydrogen-bond acceptors (Lipinski definition) is 3. The van der Waals surface area contributed by atoms with Crippen molar-refractivity contribution in [3.8, 4) is 17.0 Å². The van der Waals surface area contributed by atoms with E-state index in [4.69, 9.17) is 4.74 Å². The van der Waals surface area contributed by atoms with Gasteiger partial charge in [0.1, 0.15) is 11.4 Å². The first-order valence-electron chi connectivity index (χ1n) is 7.43. The van der Waals surface area contributed by atoms with Gasteiger partial charge in [0.15, 0.2) is 0 Å². The molecular formula is C18H15N3O3. The number of benzene rings is 1. The summed E-state index contributed by atoms with van der Waals surface area (Å²) in [6.45, 7) is 0. The largest absolute Gasteiger partial charge is 0.497 e. The Kier molecular flexibility index (Phi) is 3.06. The number of nitrogens with zero attached hydrogens (tertiary/aromatic N) is 2. The molecule has 1 aromatic carbocycles. The van der Waals surface area contributed by atoms with Crippen molar-refractivity contribution in [2.24, 2.45) is 7.05 Å². The van der Waals surface area contributed by atoms with E-state index in [-0.39, 0.29) is 5.56 Å². The van der Waals surface area contributed by atoms with E-state index in [0.29, 0.717) is 11.0 Å². The third kappa shape index (κ3) is 2.04. The molecule has 0 unspecified atom stereocenters. The Bertz CT molecular complexity index is 1090. The molecule has 4 rings (SSSR count). The smallest absolute Gasteiger partial charge is 0.336 e. The summed E-state index contributed by atoms with van der Waals surface area (Å²) in [5.74, 6) is -0.192. The summed E-state index contributed by atoms with van der Waals surface area (Å²) in [7, 11) is 3.61. The van der Waals surface area contributed by atoms with Crippen molar-refractivity contribution in [3.05, 3.63) is 48.3 Å². The Labute approximate surface area is 137 Å². The average molecular weight is 321 g/mol. The molecule has 0 saturated heterocycles. The number of rotatable bonds is 3. The highest BCUT2D eigenvalue weighted by molar-refractivity contribution is 6.05. The van der Waals surface area contributed by atoms with Gasteiger partial charge in [-0.05, 0) is 30.3 Å². The van der Waals surface area contributed by atoms with Crippen LogP contribution in [0.3, 0.4) is 0 Å². The number of hydrogen-bond donors (Lipinski definition) is 2. The van der Waals surface area contributed by atoms with Gasteiger partial charge in [-0.15, -0.1) is 0 Å². The van der Waals surface area contributed by atoms with Crippen LogP contribution in [-0.4, -0.2) is 32.7 Å². The van der Waals surface area contributed by atoms with Crippen molar-refractivity contribution in [1.82, 2.24) is 14.5 Å². The normalized spacial score (nSPS) is 11.2. The summed E-state index contributed by atoms with van der Waals surface area (Å²) in [5.41, 5.74) is 3.66. The van der Waals surface area contributed by atoms with Crippen LogP contribution in [0.2, 0.25) is 0 Å². The molecule has 0 aliphatic heterocycles. The molecular weight excluding hydrogens is 306 g/mol. The van der Waals surface area contributed by atoms with E-state index in [1.165, 1.54) is 12.3 Å². The summed E-state index contributed by atoms with van der Waals surface area (Å²) in [5, 5.41) is 11.0. The lowest BCUT2D eigenvalue weighted by Crippen LogP contribution is -1.96. The van der Waals surface area contributed by atoms with E-state index < -0.39 is 5.97 Å². The fourth-order valence-corrected chi connectivity index (χ4v) is 3.07. The highest BCUT2D eigenvalue weighted by Crippen LogP contribution is 2.34. The lowest BCUT2D eigenvalue weighted by molar-refractivity contribution is 0.0699. The van der Waals surface area contributed by atoms with Crippen LogP contribution >= 0.6 is 0 Å². The molecule has 0 spiro atoms. The molecule has 0 bridgehead atoms. The minimum absolute atomic E-state index is 0.236. The maximum absolute atomic E-state index is 11.4. The van der Waals surface area contributed by atoms with Gasteiger partial charge in [-0.25, -0.2) is 9.78 Å². The third-order valence-electron chi connectivity index (χ3n) is 4.25. The SMILES string of the molecule is COc1ccc2c(c1)c(-c1cc3c(C(=O)O)ccnc3[nH]1)cn2C. The van der Waals surface area contributed by atoms with Crippen LogP contribution in [0, 0.1) is 0 Å². The number of carbonyl (C=O) groups is 1. The van der Waals surface area contributed by atoms with Crippen molar-refractivity contribution in [2.45, 2.75) is 0 Å².